The molecule has 1 unspecified atom stereocenters. The van der Waals surface area contributed by atoms with Crippen LogP contribution in [0.25, 0.3) is 0 Å². The highest BCUT2D eigenvalue weighted by molar-refractivity contribution is 5.69. The predicted octanol–water partition coefficient (Wildman–Crippen LogP) is 2.51. The van der Waals surface area contributed by atoms with Crippen LogP contribution in [0.3, 0.4) is 0 Å². The fourth-order valence-corrected chi connectivity index (χ4v) is 2.42. The molecule has 1 aliphatic rings. The van der Waals surface area contributed by atoms with Gasteiger partial charge in [-0.05, 0) is 45.7 Å². The van der Waals surface area contributed by atoms with Crippen LogP contribution in [0.2, 0.25) is 0 Å². The van der Waals surface area contributed by atoms with Crippen molar-refractivity contribution >= 4 is 6.09 Å². The number of hydrogen-bond acceptors (Lipinski definition) is 4. The van der Waals surface area contributed by atoms with Gasteiger partial charge < -0.3 is 14.7 Å². The summed E-state index contributed by atoms with van der Waals surface area (Å²) in [5.74, 6) is 0. The molecule has 5 heteroatoms. The van der Waals surface area contributed by atoms with Crippen molar-refractivity contribution in [2.45, 2.75) is 51.4 Å². The number of rotatable bonds is 2. The number of amides is 1. The normalized spacial score (nSPS) is 20.8. The average Bonchev–Trinajstić information content (AvgIpc) is 2.86. The fourth-order valence-electron chi connectivity index (χ4n) is 2.42. The zero-order valence-electron chi connectivity index (χ0n) is 12.2. The van der Waals surface area contributed by atoms with Crippen molar-refractivity contribution in [3.63, 3.8) is 0 Å². The van der Waals surface area contributed by atoms with E-state index in [-0.39, 0.29) is 12.1 Å². The molecule has 2 atom stereocenters. The van der Waals surface area contributed by atoms with Gasteiger partial charge in [-0.2, -0.15) is 0 Å². The molecule has 1 aromatic heterocycles. The summed E-state index contributed by atoms with van der Waals surface area (Å²) in [5.41, 5.74) is 0.0631. The SMILES string of the molecule is CC(C)(C)OC(=O)N1CCC[C@H]1C(O)c1ccccn1. The van der Waals surface area contributed by atoms with Crippen LogP contribution in [-0.4, -0.2) is 39.3 Å². The number of carbonyl (C=O) groups excluding carboxylic acids is 1. The maximum Gasteiger partial charge on any atom is 0.410 e. The number of hydrogen-bond donors (Lipinski definition) is 1. The second kappa shape index (κ2) is 5.79. The average molecular weight is 278 g/mol. The minimum Gasteiger partial charge on any atom is -0.444 e. The molecule has 110 valence electrons. The Morgan fingerprint density at radius 1 is 1.50 bits per heavy atom. The molecule has 0 aliphatic carbocycles. The van der Waals surface area contributed by atoms with Gasteiger partial charge in [0.1, 0.15) is 11.7 Å². The van der Waals surface area contributed by atoms with Gasteiger partial charge in [0.25, 0.3) is 0 Å². The Balaban J connectivity index is 2.09. The van der Waals surface area contributed by atoms with Gasteiger partial charge in [0.2, 0.25) is 0 Å². The largest absolute Gasteiger partial charge is 0.444 e. The van der Waals surface area contributed by atoms with Crippen LogP contribution < -0.4 is 0 Å². The Morgan fingerprint density at radius 2 is 2.25 bits per heavy atom. The zero-order chi connectivity index (χ0) is 14.8. The number of likely N-dealkylation sites (tertiary alicyclic amines) is 1. The van der Waals surface area contributed by atoms with Crippen LogP contribution in [0.1, 0.15) is 45.4 Å². The molecule has 0 spiro atoms. The summed E-state index contributed by atoms with van der Waals surface area (Å²) in [5, 5.41) is 10.4. The molecule has 1 saturated heterocycles. The lowest BCUT2D eigenvalue weighted by molar-refractivity contribution is 0.00424. The highest BCUT2D eigenvalue weighted by atomic mass is 16.6. The number of aliphatic hydroxyl groups excluding tert-OH is 1. The molecule has 0 aromatic carbocycles. The standard InChI is InChI=1S/C15H22N2O3/c1-15(2,3)20-14(19)17-10-6-8-12(17)13(18)11-7-4-5-9-16-11/h4-5,7,9,12-13,18H,6,8,10H2,1-3H3/t12-,13?/m0/s1. The topological polar surface area (TPSA) is 62.7 Å². The third-order valence-electron chi connectivity index (χ3n) is 3.28. The van der Waals surface area contributed by atoms with Crippen molar-refractivity contribution in [1.82, 2.24) is 9.88 Å². The van der Waals surface area contributed by atoms with Gasteiger partial charge in [-0.1, -0.05) is 6.07 Å². The summed E-state index contributed by atoms with van der Waals surface area (Å²) in [7, 11) is 0. The first-order valence-electron chi connectivity index (χ1n) is 6.97. The van der Waals surface area contributed by atoms with Crippen LogP contribution in [0.15, 0.2) is 24.4 Å². The monoisotopic (exact) mass is 278 g/mol. The Kier molecular flexibility index (Phi) is 4.28. The molecule has 0 saturated carbocycles. The van der Waals surface area contributed by atoms with Gasteiger partial charge in [0.05, 0.1) is 11.7 Å². The van der Waals surface area contributed by atoms with E-state index in [9.17, 15) is 9.90 Å². The van der Waals surface area contributed by atoms with Gasteiger partial charge in [-0.3, -0.25) is 4.98 Å². The Hall–Kier alpha value is -1.62. The van der Waals surface area contributed by atoms with E-state index in [1.54, 1.807) is 23.2 Å². The number of pyridine rings is 1. The highest BCUT2D eigenvalue weighted by Crippen LogP contribution is 2.29. The predicted molar refractivity (Wildman–Crippen MR) is 75.2 cm³/mol. The molecule has 2 rings (SSSR count). The minimum atomic E-state index is -0.772. The van der Waals surface area contributed by atoms with E-state index in [4.69, 9.17) is 4.74 Å². The zero-order valence-corrected chi connectivity index (χ0v) is 12.2. The van der Waals surface area contributed by atoms with E-state index in [0.29, 0.717) is 12.2 Å². The lowest BCUT2D eigenvalue weighted by Crippen LogP contribution is -2.42. The molecule has 0 radical (unpaired) electrons. The van der Waals surface area contributed by atoms with Crippen LogP contribution in [0, 0.1) is 0 Å². The number of aromatic nitrogens is 1. The summed E-state index contributed by atoms with van der Waals surface area (Å²) in [4.78, 5) is 18.0. The van der Waals surface area contributed by atoms with E-state index >= 15 is 0 Å². The molecule has 2 heterocycles. The molecule has 5 nitrogen and oxygen atoms in total. The molecule has 1 aliphatic heterocycles. The number of aliphatic hydroxyl groups is 1. The van der Waals surface area contributed by atoms with Crippen LogP contribution in [0.4, 0.5) is 4.79 Å². The van der Waals surface area contributed by atoms with Crippen LogP contribution >= 0.6 is 0 Å². The molecule has 1 amide bonds. The van der Waals surface area contributed by atoms with E-state index in [1.165, 1.54) is 0 Å². The third-order valence-corrected chi connectivity index (χ3v) is 3.28. The van der Waals surface area contributed by atoms with E-state index < -0.39 is 11.7 Å². The van der Waals surface area contributed by atoms with Crippen molar-refractivity contribution in [1.29, 1.82) is 0 Å². The van der Waals surface area contributed by atoms with Crippen molar-refractivity contribution in [2.75, 3.05) is 6.54 Å². The van der Waals surface area contributed by atoms with Gasteiger partial charge in [-0.25, -0.2) is 4.79 Å². The first-order valence-corrected chi connectivity index (χ1v) is 6.97. The Bertz CT molecular complexity index is 456. The Labute approximate surface area is 119 Å². The van der Waals surface area contributed by atoms with Gasteiger partial charge >= 0.3 is 6.09 Å². The quantitative estimate of drug-likeness (QED) is 0.903. The summed E-state index contributed by atoms with van der Waals surface area (Å²) < 4.78 is 5.39. The Morgan fingerprint density at radius 3 is 2.85 bits per heavy atom. The third kappa shape index (κ3) is 3.48. The summed E-state index contributed by atoms with van der Waals surface area (Å²) in [6.45, 7) is 6.13. The fraction of sp³-hybridized carbons (Fsp3) is 0.600. The van der Waals surface area contributed by atoms with Crippen LogP contribution in [-0.2, 0) is 4.74 Å². The van der Waals surface area contributed by atoms with Crippen molar-refractivity contribution < 1.29 is 14.6 Å². The molecule has 0 bridgehead atoms. The lowest BCUT2D eigenvalue weighted by Gasteiger charge is -2.30. The lowest BCUT2D eigenvalue weighted by atomic mass is 10.1. The highest BCUT2D eigenvalue weighted by Gasteiger charge is 2.37. The molecular weight excluding hydrogens is 256 g/mol. The first kappa shape index (κ1) is 14.8. The second-order valence-corrected chi connectivity index (χ2v) is 6.08. The maximum absolute atomic E-state index is 12.2. The van der Waals surface area contributed by atoms with Crippen molar-refractivity contribution in [2.24, 2.45) is 0 Å². The van der Waals surface area contributed by atoms with E-state index in [0.717, 1.165) is 12.8 Å². The van der Waals surface area contributed by atoms with Gasteiger partial charge in [0, 0.05) is 12.7 Å². The number of carbonyl (C=O) groups is 1. The molecular formula is C15H22N2O3. The van der Waals surface area contributed by atoms with E-state index in [1.807, 2.05) is 26.8 Å². The van der Waals surface area contributed by atoms with Crippen LogP contribution in [0.5, 0.6) is 0 Å². The second-order valence-electron chi connectivity index (χ2n) is 6.08. The van der Waals surface area contributed by atoms with Crippen molar-refractivity contribution in [3.05, 3.63) is 30.1 Å². The first-order chi connectivity index (χ1) is 9.38. The van der Waals surface area contributed by atoms with E-state index in [2.05, 4.69) is 4.98 Å². The number of nitrogens with zero attached hydrogens (tertiary/aromatic N) is 2. The summed E-state index contributed by atoms with van der Waals surface area (Å²) in [6, 6.07) is 5.14. The summed E-state index contributed by atoms with van der Waals surface area (Å²) in [6.07, 6.45) is 2.14. The van der Waals surface area contributed by atoms with Gasteiger partial charge in [0.15, 0.2) is 0 Å². The minimum absolute atomic E-state index is 0.264. The summed E-state index contributed by atoms with van der Waals surface area (Å²) >= 11 is 0. The maximum atomic E-state index is 12.2. The smallest absolute Gasteiger partial charge is 0.410 e. The van der Waals surface area contributed by atoms with Gasteiger partial charge in [-0.15, -0.1) is 0 Å². The molecule has 20 heavy (non-hydrogen) atoms. The molecule has 1 fully saturated rings. The molecule has 1 aromatic rings. The number of ether oxygens (including phenoxy) is 1. The van der Waals surface area contributed by atoms with Crippen molar-refractivity contribution in [3.8, 4) is 0 Å². The molecule has 1 N–H and O–H groups in total.